The highest BCUT2D eigenvalue weighted by Gasteiger charge is 2.34. The van der Waals surface area contributed by atoms with Gasteiger partial charge in [0.15, 0.2) is 0 Å². The predicted octanol–water partition coefficient (Wildman–Crippen LogP) is 3.43. The smallest absolute Gasteiger partial charge is 0.338 e. The predicted molar refractivity (Wildman–Crippen MR) is 67.7 cm³/mol. The molecule has 3 rings (SSSR count). The van der Waals surface area contributed by atoms with Gasteiger partial charge in [-0.3, -0.25) is 4.79 Å². The number of anilines is 1. The molecule has 0 radical (unpaired) electrons. The van der Waals surface area contributed by atoms with Gasteiger partial charge in [-0.25, -0.2) is 0 Å². The third kappa shape index (κ3) is 2.07. The Kier molecular flexibility index (Phi) is 2.64. The summed E-state index contributed by atoms with van der Waals surface area (Å²) in [6, 6.07) is 6.35. The SMILES string of the molecule is Cc1ccc2c(c1)Cn1cc(C(F)(F)F)cc1C(=O)N2. The Hall–Kier alpha value is -2.24. The van der Waals surface area contributed by atoms with Crippen LogP contribution in [0.3, 0.4) is 0 Å². The zero-order valence-corrected chi connectivity index (χ0v) is 10.6. The van der Waals surface area contributed by atoms with Gasteiger partial charge in [-0.15, -0.1) is 0 Å². The number of fused-ring (bicyclic) bond motifs is 2. The van der Waals surface area contributed by atoms with E-state index in [9.17, 15) is 18.0 Å². The van der Waals surface area contributed by atoms with Crippen molar-refractivity contribution in [2.45, 2.75) is 19.6 Å². The number of rotatable bonds is 0. The lowest BCUT2D eigenvalue weighted by Gasteiger charge is -2.08. The van der Waals surface area contributed by atoms with Crippen molar-refractivity contribution >= 4 is 11.6 Å². The van der Waals surface area contributed by atoms with E-state index in [4.69, 9.17) is 0 Å². The Bertz CT molecular complexity index is 701. The van der Waals surface area contributed by atoms with E-state index in [1.54, 1.807) is 6.07 Å². The summed E-state index contributed by atoms with van der Waals surface area (Å²) in [5.74, 6) is -0.525. The third-order valence-corrected chi connectivity index (χ3v) is 3.31. The Labute approximate surface area is 113 Å². The van der Waals surface area contributed by atoms with Crippen molar-refractivity contribution in [3.8, 4) is 0 Å². The molecule has 0 spiro atoms. The summed E-state index contributed by atoms with van der Waals surface area (Å²) in [6.45, 7) is 2.13. The Morgan fingerprint density at radius 1 is 1.25 bits per heavy atom. The molecular formula is C14H11F3N2O. The van der Waals surface area contributed by atoms with Crippen LogP contribution in [-0.4, -0.2) is 10.5 Å². The van der Waals surface area contributed by atoms with Crippen LogP contribution in [0, 0.1) is 6.92 Å². The maximum Gasteiger partial charge on any atom is 0.417 e. The van der Waals surface area contributed by atoms with E-state index in [-0.39, 0.29) is 12.2 Å². The minimum Gasteiger partial charge on any atom is -0.338 e. The molecule has 0 saturated carbocycles. The van der Waals surface area contributed by atoms with Crippen LogP contribution in [0.2, 0.25) is 0 Å². The standard InChI is InChI=1S/C14H11F3N2O/c1-8-2-3-11-9(4-8)6-19-7-10(14(15,16)17)5-12(19)13(20)18-11/h2-5,7H,6H2,1H3,(H,18,20). The van der Waals surface area contributed by atoms with Crippen molar-refractivity contribution in [2.75, 3.05) is 5.32 Å². The molecule has 0 unspecified atom stereocenters. The minimum atomic E-state index is -4.45. The summed E-state index contributed by atoms with van der Waals surface area (Å²) in [4.78, 5) is 12.0. The first kappa shape index (κ1) is 12.8. The van der Waals surface area contributed by atoms with Gasteiger partial charge in [-0.05, 0) is 24.6 Å². The Morgan fingerprint density at radius 2 is 2.00 bits per heavy atom. The largest absolute Gasteiger partial charge is 0.417 e. The summed E-state index contributed by atoms with van der Waals surface area (Å²) < 4.78 is 39.5. The monoisotopic (exact) mass is 280 g/mol. The van der Waals surface area contributed by atoms with E-state index in [2.05, 4.69) is 5.32 Å². The summed E-state index contributed by atoms with van der Waals surface area (Å²) in [7, 11) is 0. The number of hydrogen-bond donors (Lipinski definition) is 1. The summed E-state index contributed by atoms with van der Waals surface area (Å²) >= 11 is 0. The molecule has 2 aromatic rings. The van der Waals surface area contributed by atoms with Gasteiger partial charge in [0.1, 0.15) is 5.69 Å². The molecule has 20 heavy (non-hydrogen) atoms. The van der Waals surface area contributed by atoms with Gasteiger partial charge in [-0.1, -0.05) is 17.7 Å². The topological polar surface area (TPSA) is 34.0 Å². The van der Waals surface area contributed by atoms with Crippen LogP contribution in [0.25, 0.3) is 0 Å². The number of amides is 1. The van der Waals surface area contributed by atoms with E-state index in [1.807, 2.05) is 19.1 Å². The van der Waals surface area contributed by atoms with Gasteiger partial charge >= 0.3 is 6.18 Å². The molecule has 0 bridgehead atoms. The second-order valence-electron chi connectivity index (χ2n) is 4.85. The zero-order chi connectivity index (χ0) is 14.5. The molecule has 1 aromatic carbocycles. The van der Waals surface area contributed by atoms with E-state index in [0.717, 1.165) is 23.4 Å². The first-order valence-electron chi connectivity index (χ1n) is 6.03. The molecule has 1 aliphatic rings. The number of nitrogens with zero attached hydrogens (tertiary/aromatic N) is 1. The van der Waals surface area contributed by atoms with Crippen LogP contribution in [0.4, 0.5) is 18.9 Å². The number of carbonyl (C=O) groups excluding carboxylic acids is 1. The van der Waals surface area contributed by atoms with Gasteiger partial charge in [-0.2, -0.15) is 13.2 Å². The van der Waals surface area contributed by atoms with E-state index < -0.39 is 17.6 Å². The van der Waals surface area contributed by atoms with Crippen molar-refractivity contribution in [2.24, 2.45) is 0 Å². The number of hydrogen-bond acceptors (Lipinski definition) is 1. The van der Waals surface area contributed by atoms with Gasteiger partial charge in [0.05, 0.1) is 5.56 Å². The van der Waals surface area contributed by atoms with Crippen LogP contribution in [0.1, 0.15) is 27.2 Å². The van der Waals surface area contributed by atoms with E-state index in [1.165, 1.54) is 4.57 Å². The van der Waals surface area contributed by atoms with E-state index in [0.29, 0.717) is 5.69 Å². The quantitative estimate of drug-likeness (QED) is 0.788. The number of nitrogens with one attached hydrogen (secondary N) is 1. The molecule has 1 N–H and O–H groups in total. The molecular weight excluding hydrogens is 269 g/mol. The second kappa shape index (κ2) is 4.13. The molecule has 1 amide bonds. The lowest BCUT2D eigenvalue weighted by Crippen LogP contribution is -2.13. The fraction of sp³-hybridized carbons (Fsp3) is 0.214. The minimum absolute atomic E-state index is 0.0196. The number of benzene rings is 1. The van der Waals surface area contributed by atoms with Crippen LogP contribution < -0.4 is 5.32 Å². The van der Waals surface area contributed by atoms with Gasteiger partial charge in [0.2, 0.25) is 0 Å². The van der Waals surface area contributed by atoms with Crippen LogP contribution in [0.5, 0.6) is 0 Å². The van der Waals surface area contributed by atoms with Gasteiger partial charge in [0, 0.05) is 18.4 Å². The zero-order valence-electron chi connectivity index (χ0n) is 10.6. The summed E-state index contributed by atoms with van der Waals surface area (Å²) in [5, 5.41) is 2.64. The first-order valence-corrected chi connectivity index (χ1v) is 6.03. The Balaban J connectivity index is 2.11. The molecule has 0 atom stereocenters. The van der Waals surface area contributed by atoms with Crippen LogP contribution >= 0.6 is 0 Å². The maximum absolute atomic E-state index is 12.7. The van der Waals surface area contributed by atoms with Crippen molar-refractivity contribution in [3.63, 3.8) is 0 Å². The fourth-order valence-electron chi connectivity index (χ4n) is 2.33. The van der Waals surface area contributed by atoms with Crippen LogP contribution in [0.15, 0.2) is 30.5 Å². The number of aromatic nitrogens is 1. The molecule has 104 valence electrons. The summed E-state index contributed by atoms with van der Waals surface area (Å²) in [5.41, 5.74) is 1.63. The average Bonchev–Trinajstić information content (AvgIpc) is 2.71. The molecule has 3 nitrogen and oxygen atoms in total. The highest BCUT2D eigenvalue weighted by atomic mass is 19.4. The molecule has 1 aromatic heterocycles. The number of carbonyl (C=O) groups is 1. The summed E-state index contributed by atoms with van der Waals surface area (Å²) in [6.07, 6.45) is -3.47. The highest BCUT2D eigenvalue weighted by Crippen LogP contribution is 2.32. The molecule has 0 saturated heterocycles. The van der Waals surface area contributed by atoms with Crippen molar-refractivity contribution < 1.29 is 18.0 Å². The molecule has 0 aliphatic carbocycles. The van der Waals surface area contributed by atoms with Crippen molar-refractivity contribution in [1.29, 1.82) is 0 Å². The van der Waals surface area contributed by atoms with Gasteiger partial charge in [0.25, 0.3) is 5.91 Å². The van der Waals surface area contributed by atoms with Crippen LogP contribution in [-0.2, 0) is 12.7 Å². The molecule has 2 heterocycles. The normalized spacial score (nSPS) is 14.3. The first-order chi connectivity index (χ1) is 9.34. The third-order valence-electron chi connectivity index (χ3n) is 3.31. The molecule has 6 heteroatoms. The van der Waals surface area contributed by atoms with Crippen molar-refractivity contribution in [3.05, 3.63) is 52.8 Å². The lowest BCUT2D eigenvalue weighted by molar-refractivity contribution is -0.137. The number of aryl methyl sites for hydroxylation is 1. The van der Waals surface area contributed by atoms with Gasteiger partial charge < -0.3 is 9.88 Å². The maximum atomic E-state index is 12.7. The van der Waals surface area contributed by atoms with E-state index >= 15 is 0 Å². The number of alkyl halides is 3. The molecule has 1 aliphatic heterocycles. The lowest BCUT2D eigenvalue weighted by atomic mass is 10.1. The van der Waals surface area contributed by atoms with Crippen molar-refractivity contribution in [1.82, 2.24) is 4.57 Å². The Morgan fingerprint density at radius 3 is 2.70 bits per heavy atom. The number of halogens is 3. The highest BCUT2D eigenvalue weighted by molar-refractivity contribution is 6.04. The fourth-order valence-corrected chi connectivity index (χ4v) is 2.33. The average molecular weight is 280 g/mol. The second-order valence-corrected chi connectivity index (χ2v) is 4.85. The molecule has 0 fully saturated rings.